The predicted molar refractivity (Wildman–Crippen MR) is 138 cm³/mol. The minimum atomic E-state index is -3.84. The standard InChI is InChI=1S/C13H38N2O12Si8/c1-28(13-9-11-15-12-10-14)17-30(3)21-32(5)19-29(2,16)20-33(6)22-31(4,18-28)24-34(7,23-30)27-35(8,25-32)26-33/h15-16H,9-14H2,1-8H3/t28?,29?,30-,31?,32-,33?,34?,35?/m0/s1. The molecule has 14 nitrogen and oxygen atoms in total. The summed E-state index contributed by atoms with van der Waals surface area (Å²) in [6.07, 6.45) is 0.777. The van der Waals surface area contributed by atoms with E-state index in [1.165, 1.54) is 6.55 Å². The summed E-state index contributed by atoms with van der Waals surface area (Å²) >= 11 is 0. The zero-order chi connectivity index (χ0) is 26.0. The van der Waals surface area contributed by atoms with Crippen LogP contribution in [0.4, 0.5) is 0 Å². The van der Waals surface area contributed by atoms with Gasteiger partial charge in [0.2, 0.25) is 0 Å². The van der Waals surface area contributed by atoms with Crippen molar-refractivity contribution in [1.29, 1.82) is 0 Å². The largest absolute Gasteiger partial charge is 0.480 e. The third kappa shape index (κ3) is 6.85. The Morgan fingerprint density at radius 3 is 1.26 bits per heavy atom. The average Bonchev–Trinajstić information content (AvgIpc) is 2.52. The lowest BCUT2D eigenvalue weighted by atomic mass is 10.5. The molecule has 4 aliphatic rings. The first-order valence-corrected chi connectivity index (χ1v) is 29.8. The van der Waals surface area contributed by atoms with E-state index < -0.39 is 70.2 Å². The van der Waals surface area contributed by atoms with E-state index in [1.54, 1.807) is 39.3 Å². The fraction of sp³-hybridized carbons (Fsp3) is 1.00. The third-order valence-electron chi connectivity index (χ3n) is 5.45. The van der Waals surface area contributed by atoms with Crippen LogP contribution < -0.4 is 11.1 Å². The molecule has 6 bridgehead atoms. The maximum Gasteiger partial charge on any atom is 0.480 e. The first-order valence-electron chi connectivity index (χ1n) is 11.7. The molecule has 4 rings (SSSR count). The van der Waals surface area contributed by atoms with Crippen molar-refractivity contribution < 1.29 is 50.1 Å². The summed E-state index contributed by atoms with van der Waals surface area (Å²) in [4.78, 5) is 11.1. The highest BCUT2D eigenvalue weighted by molar-refractivity contribution is 7.00. The molecule has 8 atom stereocenters. The smallest absolute Gasteiger partial charge is 0.394 e. The van der Waals surface area contributed by atoms with E-state index in [0.717, 1.165) is 19.5 Å². The average molecular weight is 639 g/mol. The summed E-state index contributed by atoms with van der Waals surface area (Å²) in [7, 11) is -28.4. The maximum atomic E-state index is 11.1. The molecule has 0 saturated carbocycles. The van der Waals surface area contributed by atoms with E-state index in [9.17, 15) is 4.80 Å². The Labute approximate surface area is 215 Å². The van der Waals surface area contributed by atoms with Gasteiger partial charge in [-0.3, -0.25) is 0 Å². The summed E-state index contributed by atoms with van der Waals surface area (Å²) in [5.41, 5.74) is 5.58. The molecule has 4 N–H and O–H groups in total. The van der Waals surface area contributed by atoms with E-state index in [-0.39, 0.29) is 0 Å². The molecule has 0 aromatic heterocycles. The SMILES string of the molecule is C[Si]1(O)O[Si]2(C)O[Si]3(C)O[Si](C)(CCCNCCN)O[Si@]4(C)O[Si](C)(O3)O[Si](C)(O2)O[Si@@](C)(O1)O4. The van der Waals surface area contributed by atoms with Gasteiger partial charge in [-0.25, -0.2) is 0 Å². The molecule has 0 spiro atoms. The van der Waals surface area contributed by atoms with Crippen LogP contribution in [0.3, 0.4) is 0 Å². The zero-order valence-electron chi connectivity index (χ0n) is 21.6. The van der Waals surface area contributed by atoms with E-state index in [4.69, 9.17) is 51.0 Å². The number of hydrogen-bond acceptors (Lipinski definition) is 14. The Hall–Kier alpha value is 1.18. The molecular weight excluding hydrogens is 601 g/mol. The van der Waals surface area contributed by atoms with Gasteiger partial charge in [0.25, 0.3) is 0 Å². The van der Waals surface area contributed by atoms with E-state index in [1.807, 2.05) is 6.55 Å². The molecule has 4 heterocycles. The van der Waals surface area contributed by atoms with Crippen LogP contribution in [0.2, 0.25) is 58.4 Å². The molecule has 4 aliphatic heterocycles. The fourth-order valence-corrected chi connectivity index (χ4v) is 48.2. The molecule has 6 unspecified atom stereocenters. The number of nitrogens with two attached hydrogens (primary N) is 1. The Morgan fingerprint density at radius 2 is 0.886 bits per heavy atom. The van der Waals surface area contributed by atoms with Crippen LogP contribution >= 0.6 is 0 Å². The van der Waals surface area contributed by atoms with Crippen molar-refractivity contribution >= 4 is 70.2 Å². The van der Waals surface area contributed by atoms with Crippen LogP contribution in [-0.2, 0) is 45.3 Å². The van der Waals surface area contributed by atoms with Crippen LogP contribution in [0.5, 0.6) is 0 Å². The van der Waals surface area contributed by atoms with Gasteiger partial charge >= 0.3 is 70.2 Å². The summed E-state index contributed by atoms with van der Waals surface area (Å²) in [6, 6.07) is 0.618. The Bertz CT molecular complexity index is 786. The topological polar surface area (TPSA) is 160 Å². The summed E-state index contributed by atoms with van der Waals surface area (Å²) < 4.78 is 71.3. The molecule has 0 aromatic rings. The van der Waals surface area contributed by atoms with Crippen molar-refractivity contribution in [2.45, 2.75) is 64.8 Å². The minimum absolute atomic E-state index is 0.561. The molecular formula is C13H38N2O12Si8. The molecule has 0 aliphatic carbocycles. The van der Waals surface area contributed by atoms with Crippen LogP contribution in [0.25, 0.3) is 0 Å². The lowest BCUT2D eigenvalue weighted by Crippen LogP contribution is -2.82. The first-order chi connectivity index (χ1) is 15.8. The van der Waals surface area contributed by atoms with Gasteiger partial charge in [0.05, 0.1) is 0 Å². The lowest BCUT2D eigenvalue weighted by molar-refractivity contribution is 0.0110. The van der Waals surface area contributed by atoms with Gasteiger partial charge in [0.15, 0.2) is 0 Å². The molecule has 0 radical (unpaired) electrons. The number of nitrogens with one attached hydrogen (secondary N) is 1. The highest BCUT2D eigenvalue weighted by Crippen LogP contribution is 2.45. The summed E-state index contributed by atoms with van der Waals surface area (Å²) in [6.45, 7) is 15.8. The van der Waals surface area contributed by atoms with Crippen molar-refractivity contribution in [3.8, 4) is 0 Å². The van der Waals surface area contributed by atoms with Gasteiger partial charge in [-0.05, 0) is 25.6 Å². The molecule has 4 saturated heterocycles. The van der Waals surface area contributed by atoms with Crippen LogP contribution in [-0.4, -0.2) is 94.6 Å². The van der Waals surface area contributed by atoms with Gasteiger partial charge in [-0.2, -0.15) is 0 Å². The van der Waals surface area contributed by atoms with E-state index >= 15 is 0 Å². The second-order valence-electron chi connectivity index (χ2n) is 9.97. The van der Waals surface area contributed by atoms with Crippen LogP contribution in [0.15, 0.2) is 0 Å². The van der Waals surface area contributed by atoms with Gasteiger partial charge in [0.1, 0.15) is 0 Å². The van der Waals surface area contributed by atoms with E-state index in [0.29, 0.717) is 12.6 Å². The minimum Gasteiger partial charge on any atom is -0.394 e. The summed E-state index contributed by atoms with van der Waals surface area (Å²) in [5.74, 6) is 0. The molecule has 35 heavy (non-hydrogen) atoms. The van der Waals surface area contributed by atoms with Crippen molar-refractivity contribution in [3.63, 3.8) is 0 Å². The quantitative estimate of drug-likeness (QED) is 0.267. The number of fused-ring (bicyclic) bond motifs is 4. The maximum absolute atomic E-state index is 11.1. The lowest BCUT2D eigenvalue weighted by Gasteiger charge is -2.57. The zero-order valence-corrected chi connectivity index (χ0v) is 29.6. The molecule has 204 valence electrons. The van der Waals surface area contributed by atoms with Crippen LogP contribution in [0.1, 0.15) is 6.42 Å². The van der Waals surface area contributed by atoms with Crippen LogP contribution in [0, 0.1) is 0 Å². The fourth-order valence-electron chi connectivity index (χ4n) is 5.11. The summed E-state index contributed by atoms with van der Waals surface area (Å²) in [5, 5.41) is 3.29. The Kier molecular flexibility index (Phi) is 7.82. The highest BCUT2D eigenvalue weighted by atomic mass is 28.6. The highest BCUT2D eigenvalue weighted by Gasteiger charge is 2.74. The second-order valence-corrected chi connectivity index (χ2v) is 33.9. The van der Waals surface area contributed by atoms with Gasteiger partial charge in [-0.1, -0.05) is 0 Å². The predicted octanol–water partition coefficient (Wildman–Crippen LogP) is 0.207. The molecule has 22 heteroatoms. The van der Waals surface area contributed by atoms with Crippen molar-refractivity contribution in [3.05, 3.63) is 0 Å². The molecule has 0 amide bonds. The Morgan fingerprint density at radius 1 is 0.543 bits per heavy atom. The second kappa shape index (κ2) is 9.38. The van der Waals surface area contributed by atoms with Gasteiger partial charge < -0.3 is 61.1 Å². The van der Waals surface area contributed by atoms with Gasteiger partial charge in [-0.15, -0.1) is 0 Å². The Balaban J connectivity index is 1.79. The van der Waals surface area contributed by atoms with Crippen molar-refractivity contribution in [1.82, 2.24) is 5.32 Å². The van der Waals surface area contributed by atoms with E-state index in [2.05, 4.69) is 5.32 Å². The van der Waals surface area contributed by atoms with Crippen molar-refractivity contribution in [2.75, 3.05) is 19.6 Å². The third-order valence-corrected chi connectivity index (χ3v) is 39.9. The molecule has 0 aromatic carbocycles. The first kappa shape index (κ1) is 29.2. The normalized spacial score (nSPS) is 54.3. The monoisotopic (exact) mass is 638 g/mol. The number of hydrogen-bond donors (Lipinski definition) is 3. The molecule has 4 fully saturated rings. The van der Waals surface area contributed by atoms with Gasteiger partial charge in [0, 0.05) is 58.9 Å². The van der Waals surface area contributed by atoms with Crippen molar-refractivity contribution in [2.24, 2.45) is 5.73 Å². The number of rotatable bonds is 6.